The lowest BCUT2D eigenvalue weighted by Crippen LogP contribution is -2.24. The van der Waals surface area contributed by atoms with Gasteiger partial charge in [0.05, 0.1) is 24.3 Å². The molecule has 3 aromatic rings. The molecule has 1 heterocycles. The van der Waals surface area contributed by atoms with Crippen LogP contribution in [0, 0.1) is 5.82 Å². The van der Waals surface area contributed by atoms with E-state index in [0.717, 1.165) is 24.2 Å². The molecule has 8 heteroatoms. The molecular formula is C23H24FN3O3S. The molecule has 3 rings (SSSR count). The normalized spacial score (nSPS) is 10.5. The fourth-order valence-electron chi connectivity index (χ4n) is 2.76. The van der Waals surface area contributed by atoms with Crippen LogP contribution in [0.3, 0.4) is 0 Å². The highest BCUT2D eigenvalue weighted by Crippen LogP contribution is 2.18. The van der Waals surface area contributed by atoms with Crippen molar-refractivity contribution in [3.63, 3.8) is 0 Å². The molecule has 2 aromatic carbocycles. The number of rotatable bonds is 10. The Labute approximate surface area is 184 Å². The molecule has 6 nitrogen and oxygen atoms in total. The van der Waals surface area contributed by atoms with Crippen molar-refractivity contribution in [1.82, 2.24) is 10.3 Å². The van der Waals surface area contributed by atoms with Crippen LogP contribution in [0.2, 0.25) is 0 Å². The lowest BCUT2D eigenvalue weighted by atomic mass is 10.2. The van der Waals surface area contributed by atoms with Gasteiger partial charge in [-0.2, -0.15) is 0 Å². The van der Waals surface area contributed by atoms with E-state index in [0.29, 0.717) is 24.0 Å². The molecule has 0 aliphatic carbocycles. The van der Waals surface area contributed by atoms with Crippen molar-refractivity contribution in [1.29, 1.82) is 0 Å². The summed E-state index contributed by atoms with van der Waals surface area (Å²) in [5.74, 6) is -0.579. The van der Waals surface area contributed by atoms with Gasteiger partial charge in [0.2, 0.25) is 5.91 Å². The van der Waals surface area contributed by atoms with Crippen LogP contribution in [0.15, 0.2) is 53.9 Å². The molecule has 1 aromatic heterocycles. The van der Waals surface area contributed by atoms with Gasteiger partial charge in [0.15, 0.2) is 5.13 Å². The van der Waals surface area contributed by atoms with Crippen molar-refractivity contribution in [2.45, 2.75) is 32.7 Å². The molecule has 0 spiro atoms. The Hall–Kier alpha value is -3.26. The number of amides is 2. The standard InChI is InChI=1S/C23H24FN3O3S/c1-2-3-11-30-18-8-6-7-16(12-18)14-25-21(28)13-17-15-31-23(26-17)27-22(29)19-9-4-5-10-20(19)24/h4-10,12,15H,2-3,11,13-14H2,1H3,(H,25,28)(H,26,27,29). The van der Waals surface area contributed by atoms with Crippen molar-refractivity contribution < 1.29 is 18.7 Å². The number of carbonyl (C=O) groups is 2. The summed E-state index contributed by atoms with van der Waals surface area (Å²) in [4.78, 5) is 28.7. The van der Waals surface area contributed by atoms with E-state index in [1.807, 2.05) is 24.3 Å². The molecule has 0 aliphatic heterocycles. The monoisotopic (exact) mass is 441 g/mol. The zero-order valence-electron chi connectivity index (χ0n) is 17.2. The number of aromatic nitrogens is 1. The second-order valence-corrected chi connectivity index (χ2v) is 7.74. The van der Waals surface area contributed by atoms with E-state index < -0.39 is 11.7 Å². The van der Waals surface area contributed by atoms with E-state index in [-0.39, 0.29) is 17.9 Å². The maximum absolute atomic E-state index is 13.7. The Morgan fingerprint density at radius 2 is 2.00 bits per heavy atom. The van der Waals surface area contributed by atoms with E-state index in [4.69, 9.17) is 4.74 Å². The van der Waals surface area contributed by atoms with Gasteiger partial charge in [0, 0.05) is 11.9 Å². The number of halogens is 1. The van der Waals surface area contributed by atoms with E-state index in [2.05, 4.69) is 22.5 Å². The first-order valence-corrected chi connectivity index (χ1v) is 10.9. The third kappa shape index (κ3) is 6.89. The maximum Gasteiger partial charge on any atom is 0.260 e. The minimum Gasteiger partial charge on any atom is -0.494 e. The van der Waals surface area contributed by atoms with Crippen LogP contribution in [-0.4, -0.2) is 23.4 Å². The van der Waals surface area contributed by atoms with Gasteiger partial charge in [-0.3, -0.25) is 14.9 Å². The predicted molar refractivity (Wildman–Crippen MR) is 119 cm³/mol. The molecule has 0 atom stereocenters. The van der Waals surface area contributed by atoms with Crippen LogP contribution in [-0.2, 0) is 17.8 Å². The number of hydrogen-bond acceptors (Lipinski definition) is 5. The summed E-state index contributed by atoms with van der Waals surface area (Å²) in [5, 5.41) is 7.43. The molecule has 2 amide bonds. The van der Waals surface area contributed by atoms with Gasteiger partial charge >= 0.3 is 0 Å². The number of carbonyl (C=O) groups excluding carboxylic acids is 2. The number of unbranched alkanes of at least 4 members (excludes halogenated alkanes) is 1. The molecule has 0 radical (unpaired) electrons. The fourth-order valence-corrected chi connectivity index (χ4v) is 3.47. The summed E-state index contributed by atoms with van der Waals surface area (Å²) in [6, 6.07) is 13.4. The number of nitrogens with zero attached hydrogens (tertiary/aromatic N) is 1. The zero-order chi connectivity index (χ0) is 22.1. The number of hydrogen-bond donors (Lipinski definition) is 2. The minimum atomic E-state index is -0.601. The highest BCUT2D eigenvalue weighted by atomic mass is 32.1. The molecular weight excluding hydrogens is 417 g/mol. The van der Waals surface area contributed by atoms with Gasteiger partial charge in [-0.1, -0.05) is 37.6 Å². The molecule has 0 saturated carbocycles. The van der Waals surface area contributed by atoms with Crippen LogP contribution in [0.25, 0.3) is 0 Å². The Morgan fingerprint density at radius 1 is 1.16 bits per heavy atom. The Bertz CT molecular complexity index is 1040. The summed E-state index contributed by atoms with van der Waals surface area (Å²) in [6.45, 7) is 3.16. The van der Waals surface area contributed by atoms with Crippen LogP contribution in [0.5, 0.6) is 5.75 Å². The van der Waals surface area contributed by atoms with Crippen molar-refractivity contribution in [2.24, 2.45) is 0 Å². The first-order chi connectivity index (χ1) is 15.0. The van der Waals surface area contributed by atoms with Gasteiger partial charge in [-0.25, -0.2) is 9.37 Å². The molecule has 162 valence electrons. The molecule has 0 saturated heterocycles. The first-order valence-electron chi connectivity index (χ1n) is 10.0. The Balaban J connectivity index is 1.48. The summed E-state index contributed by atoms with van der Waals surface area (Å²) in [6.07, 6.45) is 2.15. The summed E-state index contributed by atoms with van der Waals surface area (Å²) in [5.41, 5.74) is 1.42. The minimum absolute atomic E-state index is 0.0575. The van der Waals surface area contributed by atoms with Gasteiger partial charge in [-0.15, -0.1) is 11.3 Å². The molecule has 2 N–H and O–H groups in total. The summed E-state index contributed by atoms with van der Waals surface area (Å²) < 4.78 is 19.4. The molecule has 0 aliphatic rings. The van der Waals surface area contributed by atoms with Crippen molar-refractivity contribution in [3.8, 4) is 5.75 Å². The lowest BCUT2D eigenvalue weighted by Gasteiger charge is -2.08. The third-order valence-electron chi connectivity index (χ3n) is 4.39. The maximum atomic E-state index is 13.7. The van der Waals surface area contributed by atoms with Gasteiger partial charge < -0.3 is 10.1 Å². The highest BCUT2D eigenvalue weighted by Gasteiger charge is 2.14. The Kier molecular flexibility index (Phi) is 8.12. The average molecular weight is 442 g/mol. The quantitative estimate of drug-likeness (QED) is 0.452. The van der Waals surface area contributed by atoms with Crippen LogP contribution in [0.4, 0.5) is 9.52 Å². The van der Waals surface area contributed by atoms with Gasteiger partial charge in [0.1, 0.15) is 11.6 Å². The second-order valence-electron chi connectivity index (χ2n) is 6.88. The summed E-state index contributed by atoms with van der Waals surface area (Å²) >= 11 is 1.18. The lowest BCUT2D eigenvalue weighted by molar-refractivity contribution is -0.120. The zero-order valence-corrected chi connectivity index (χ0v) is 18.0. The summed E-state index contributed by atoms with van der Waals surface area (Å²) in [7, 11) is 0. The number of benzene rings is 2. The largest absolute Gasteiger partial charge is 0.494 e. The number of ether oxygens (including phenoxy) is 1. The molecule has 0 unspecified atom stereocenters. The van der Waals surface area contributed by atoms with E-state index >= 15 is 0 Å². The fraction of sp³-hybridized carbons (Fsp3) is 0.261. The topological polar surface area (TPSA) is 80.3 Å². The second kappa shape index (κ2) is 11.2. The third-order valence-corrected chi connectivity index (χ3v) is 5.19. The number of thiazole rings is 1. The van der Waals surface area contributed by atoms with E-state index in [1.54, 1.807) is 11.4 Å². The highest BCUT2D eigenvalue weighted by molar-refractivity contribution is 7.14. The molecule has 31 heavy (non-hydrogen) atoms. The predicted octanol–water partition coefficient (Wildman–Crippen LogP) is 4.57. The van der Waals surface area contributed by atoms with Gasteiger partial charge in [0.25, 0.3) is 5.91 Å². The number of nitrogens with one attached hydrogen (secondary N) is 2. The smallest absolute Gasteiger partial charge is 0.260 e. The van der Waals surface area contributed by atoms with Gasteiger partial charge in [-0.05, 0) is 36.2 Å². The molecule has 0 bridgehead atoms. The van der Waals surface area contributed by atoms with Crippen molar-refractivity contribution in [3.05, 3.63) is 76.5 Å². The van der Waals surface area contributed by atoms with E-state index in [1.165, 1.54) is 29.5 Å². The van der Waals surface area contributed by atoms with Crippen molar-refractivity contribution >= 4 is 28.3 Å². The average Bonchev–Trinajstić information content (AvgIpc) is 3.19. The Morgan fingerprint density at radius 3 is 2.81 bits per heavy atom. The van der Waals surface area contributed by atoms with E-state index in [9.17, 15) is 14.0 Å². The van der Waals surface area contributed by atoms with Crippen molar-refractivity contribution in [2.75, 3.05) is 11.9 Å². The van der Waals surface area contributed by atoms with Crippen LogP contribution >= 0.6 is 11.3 Å². The number of anilines is 1. The first kappa shape index (κ1) is 22.4. The van der Waals surface area contributed by atoms with Crippen LogP contribution < -0.4 is 15.4 Å². The SMILES string of the molecule is CCCCOc1cccc(CNC(=O)Cc2csc(NC(=O)c3ccccc3F)n2)c1. The van der Waals surface area contributed by atoms with Crippen LogP contribution in [0.1, 0.15) is 41.4 Å². The molecule has 0 fully saturated rings.